The predicted molar refractivity (Wildman–Crippen MR) is 202 cm³/mol. The summed E-state index contributed by atoms with van der Waals surface area (Å²) in [5.74, 6) is -2.71. The Bertz CT molecular complexity index is 1860. The number of rotatable bonds is 13. The molecule has 0 spiro atoms. The van der Waals surface area contributed by atoms with Crippen LogP contribution in [-0.4, -0.2) is 67.4 Å². The molecule has 2 aliphatic rings. The molecule has 4 aromatic rings. The van der Waals surface area contributed by atoms with Gasteiger partial charge in [-0.3, -0.25) is 29.0 Å². The molecule has 2 atom stereocenters. The molecule has 2 aliphatic heterocycles. The largest absolute Gasteiger partial charge is 0.324 e. The Balaban J connectivity index is 1.11. The second kappa shape index (κ2) is 17.2. The Morgan fingerprint density at radius 2 is 0.942 bits per heavy atom. The van der Waals surface area contributed by atoms with Crippen molar-refractivity contribution in [3.05, 3.63) is 121 Å². The van der Waals surface area contributed by atoms with Crippen molar-refractivity contribution in [2.45, 2.75) is 36.2 Å². The number of amides is 4. The van der Waals surface area contributed by atoms with E-state index in [9.17, 15) is 28.0 Å². The Kier molecular flexibility index (Phi) is 12.1. The quantitative estimate of drug-likeness (QED) is 0.138. The average molecular weight is 741 g/mol. The summed E-state index contributed by atoms with van der Waals surface area (Å²) in [6, 6.07) is 30.0. The lowest BCUT2D eigenvalue weighted by Crippen LogP contribution is -2.36. The fraction of sp³-hybridized carbons (Fsp3) is 0.211. The van der Waals surface area contributed by atoms with Crippen molar-refractivity contribution in [3.8, 4) is 0 Å². The highest BCUT2D eigenvalue weighted by Gasteiger charge is 2.41. The van der Waals surface area contributed by atoms with Gasteiger partial charge in [-0.2, -0.15) is 0 Å². The number of nitrogens with zero attached hydrogens (tertiary/aromatic N) is 4. The second-order valence-electron chi connectivity index (χ2n) is 11.8. The van der Waals surface area contributed by atoms with Gasteiger partial charge < -0.3 is 10.6 Å². The molecule has 4 amide bonds. The number of nitrogens with one attached hydrogen (secondary N) is 2. The van der Waals surface area contributed by atoms with Crippen LogP contribution in [0.3, 0.4) is 0 Å². The van der Waals surface area contributed by atoms with Crippen LogP contribution in [0.15, 0.2) is 119 Å². The zero-order valence-corrected chi connectivity index (χ0v) is 29.4. The number of carbonyl (C=O) groups is 4. The zero-order chi connectivity index (χ0) is 36.5. The number of anilines is 2. The summed E-state index contributed by atoms with van der Waals surface area (Å²) in [6.45, 7) is 0.551. The van der Waals surface area contributed by atoms with Gasteiger partial charge in [0.25, 0.3) is 0 Å². The molecule has 0 bridgehead atoms. The lowest BCUT2D eigenvalue weighted by Gasteiger charge is -2.19. The lowest BCUT2D eigenvalue weighted by atomic mass is 10.2. The molecule has 0 unspecified atom stereocenters. The van der Waals surface area contributed by atoms with E-state index in [0.29, 0.717) is 34.6 Å². The third kappa shape index (κ3) is 9.30. The minimum absolute atomic E-state index is 0.0377. The van der Waals surface area contributed by atoms with Crippen LogP contribution in [0.1, 0.15) is 25.7 Å². The number of hydrogen-bond acceptors (Lipinski definition) is 8. The van der Waals surface area contributed by atoms with Crippen LogP contribution < -0.4 is 10.6 Å². The summed E-state index contributed by atoms with van der Waals surface area (Å²) >= 11 is 2.36. The molecule has 14 heteroatoms. The van der Waals surface area contributed by atoms with Gasteiger partial charge in [-0.05, 0) is 61.4 Å². The smallest absolute Gasteiger partial charge is 0.242 e. The number of thioether (sulfide) groups is 2. The lowest BCUT2D eigenvalue weighted by molar-refractivity contribution is -0.128. The van der Waals surface area contributed by atoms with Gasteiger partial charge in [-0.25, -0.2) is 18.8 Å². The van der Waals surface area contributed by atoms with E-state index >= 15 is 0 Å². The maximum atomic E-state index is 14.1. The summed E-state index contributed by atoms with van der Waals surface area (Å²) in [5.41, 5.74) is 1.36. The fourth-order valence-corrected chi connectivity index (χ4v) is 7.86. The highest BCUT2D eigenvalue weighted by atomic mass is 32.2. The van der Waals surface area contributed by atoms with Crippen molar-refractivity contribution < 1.29 is 28.0 Å². The number of amidine groups is 2. The van der Waals surface area contributed by atoms with Crippen LogP contribution in [0.2, 0.25) is 0 Å². The molecular formula is C38H34F2N6O4S2. The Labute approximate surface area is 307 Å². The van der Waals surface area contributed by atoms with Gasteiger partial charge >= 0.3 is 0 Å². The molecule has 266 valence electrons. The van der Waals surface area contributed by atoms with Crippen LogP contribution in [-0.2, 0) is 19.2 Å². The van der Waals surface area contributed by atoms with Crippen LogP contribution in [0, 0.1) is 11.6 Å². The Hall–Kier alpha value is -5.34. The third-order valence-corrected chi connectivity index (χ3v) is 10.4. The summed E-state index contributed by atoms with van der Waals surface area (Å²) in [7, 11) is 0. The molecule has 2 heterocycles. The summed E-state index contributed by atoms with van der Waals surface area (Å²) in [4.78, 5) is 65.4. The summed E-state index contributed by atoms with van der Waals surface area (Å²) < 4.78 is 28.3. The first kappa shape index (κ1) is 36.5. The highest BCUT2D eigenvalue weighted by Crippen LogP contribution is 2.34. The molecule has 0 radical (unpaired) electrons. The molecule has 0 aliphatic carbocycles. The summed E-state index contributed by atoms with van der Waals surface area (Å²) in [6.07, 6.45) is 0.624. The average Bonchev–Trinajstić information content (AvgIpc) is 3.58. The number of benzene rings is 4. The number of hydrogen-bond donors (Lipinski definition) is 2. The maximum Gasteiger partial charge on any atom is 0.242 e. The van der Waals surface area contributed by atoms with Crippen molar-refractivity contribution in [3.63, 3.8) is 0 Å². The molecule has 0 saturated carbocycles. The van der Waals surface area contributed by atoms with Crippen LogP contribution >= 0.6 is 23.5 Å². The fourth-order valence-electron chi connectivity index (χ4n) is 5.49. The molecule has 4 aromatic carbocycles. The number of aliphatic imine (C=N–C) groups is 2. The first-order chi connectivity index (χ1) is 25.2. The van der Waals surface area contributed by atoms with Gasteiger partial charge in [0.2, 0.25) is 23.6 Å². The first-order valence-electron chi connectivity index (χ1n) is 16.6. The van der Waals surface area contributed by atoms with Crippen molar-refractivity contribution in [2.24, 2.45) is 9.98 Å². The van der Waals surface area contributed by atoms with E-state index in [4.69, 9.17) is 9.98 Å². The Morgan fingerprint density at radius 1 is 0.577 bits per heavy atom. The van der Waals surface area contributed by atoms with Gasteiger partial charge in [-0.15, -0.1) is 0 Å². The van der Waals surface area contributed by atoms with Crippen molar-refractivity contribution in [1.82, 2.24) is 9.80 Å². The molecule has 2 saturated heterocycles. The van der Waals surface area contributed by atoms with E-state index in [1.54, 1.807) is 21.9 Å². The normalized spacial score (nSPS) is 18.7. The number of unbranched alkanes of at least 4 members (excludes halogenated alkanes) is 1. The number of para-hydroxylation sites is 4. The van der Waals surface area contributed by atoms with E-state index in [2.05, 4.69) is 10.6 Å². The van der Waals surface area contributed by atoms with Crippen molar-refractivity contribution >= 4 is 80.2 Å². The standard InChI is InChI=1S/C38H34F2N6O4S2/c39-27-17-7-9-19-29(27)43-33(47)23-31-35(49)45(37(51-31)41-25-13-3-1-4-14-25)21-11-12-22-46-36(50)32(52-38(46)42-26-15-5-2-6-16-26)24-34(48)44-30-20-10-8-18-28(30)40/h1-10,13-20,31-32H,11-12,21-24H2,(H,43,47)(H,44,48)/t31-,32+. The third-order valence-electron chi connectivity index (χ3n) is 8.05. The van der Waals surface area contributed by atoms with E-state index in [0.717, 1.165) is 0 Å². The van der Waals surface area contributed by atoms with E-state index in [1.165, 1.54) is 59.9 Å². The molecule has 10 nitrogen and oxygen atoms in total. The zero-order valence-electron chi connectivity index (χ0n) is 27.8. The predicted octanol–water partition coefficient (Wildman–Crippen LogP) is 7.37. The van der Waals surface area contributed by atoms with Gasteiger partial charge in [0.05, 0.1) is 22.7 Å². The van der Waals surface area contributed by atoms with Crippen LogP contribution in [0.25, 0.3) is 0 Å². The maximum absolute atomic E-state index is 14.1. The molecule has 0 aromatic heterocycles. The van der Waals surface area contributed by atoms with Gasteiger partial charge in [0.15, 0.2) is 10.3 Å². The second-order valence-corrected chi connectivity index (χ2v) is 14.2. The first-order valence-corrected chi connectivity index (χ1v) is 18.3. The number of halogens is 2. The SMILES string of the molecule is O=C(C[C@@H]1SC(=Nc2ccccc2)N(CCCCN2C(=O)[C@@H](CC(=O)Nc3ccccc3F)SC2=Nc2ccccc2)C1=O)Nc1ccccc1F. The van der Waals surface area contributed by atoms with Gasteiger partial charge in [0.1, 0.15) is 22.1 Å². The van der Waals surface area contributed by atoms with Gasteiger partial charge in [-0.1, -0.05) is 84.2 Å². The molecular weight excluding hydrogens is 707 g/mol. The number of carbonyl (C=O) groups excluding carboxylic acids is 4. The summed E-state index contributed by atoms with van der Waals surface area (Å²) in [5, 5.41) is 4.46. The van der Waals surface area contributed by atoms with Crippen LogP contribution in [0.4, 0.5) is 31.5 Å². The van der Waals surface area contributed by atoms with Gasteiger partial charge in [0, 0.05) is 25.9 Å². The van der Waals surface area contributed by atoms with E-state index in [1.807, 2.05) is 60.7 Å². The van der Waals surface area contributed by atoms with E-state index in [-0.39, 0.29) is 49.1 Å². The monoisotopic (exact) mass is 740 g/mol. The minimum atomic E-state index is -0.758. The Morgan fingerprint density at radius 3 is 1.33 bits per heavy atom. The minimum Gasteiger partial charge on any atom is -0.324 e. The van der Waals surface area contributed by atoms with Crippen molar-refractivity contribution in [2.75, 3.05) is 23.7 Å². The van der Waals surface area contributed by atoms with E-state index < -0.39 is 33.9 Å². The topological polar surface area (TPSA) is 124 Å². The van der Waals surface area contributed by atoms with Crippen LogP contribution in [0.5, 0.6) is 0 Å². The van der Waals surface area contributed by atoms with Crippen molar-refractivity contribution in [1.29, 1.82) is 0 Å². The molecule has 2 fully saturated rings. The molecule has 6 rings (SSSR count). The molecule has 2 N–H and O–H groups in total. The highest BCUT2D eigenvalue weighted by molar-refractivity contribution is 8.15. The molecule has 52 heavy (non-hydrogen) atoms.